The standard InChI is InChI=1S/C17H27N3O3.2ClH/c1-20(2)8-11-23-15-5-3-4-14(12-15)13-19-16(21)17(18)6-9-22-10-7-17;;/h3-5,12H,6-11,13,18H2,1-2H3,(H,19,21);2*1H. The normalized spacial score (nSPS) is 15.7. The van der Waals surface area contributed by atoms with Crippen LogP contribution < -0.4 is 15.8 Å². The zero-order valence-corrected chi connectivity index (χ0v) is 16.5. The Morgan fingerprint density at radius 2 is 2.00 bits per heavy atom. The Morgan fingerprint density at radius 3 is 2.64 bits per heavy atom. The third-order valence-corrected chi connectivity index (χ3v) is 4.00. The van der Waals surface area contributed by atoms with Crippen molar-refractivity contribution in [1.29, 1.82) is 0 Å². The molecule has 2 rings (SSSR count). The Morgan fingerprint density at radius 1 is 1.32 bits per heavy atom. The fourth-order valence-electron chi connectivity index (χ4n) is 2.41. The molecule has 0 unspecified atom stereocenters. The molecule has 3 N–H and O–H groups in total. The van der Waals surface area contributed by atoms with Crippen LogP contribution in [0.25, 0.3) is 0 Å². The van der Waals surface area contributed by atoms with Crippen molar-refractivity contribution < 1.29 is 14.3 Å². The van der Waals surface area contributed by atoms with Crippen molar-refractivity contribution in [3.05, 3.63) is 29.8 Å². The second-order valence-electron chi connectivity index (χ2n) is 6.25. The van der Waals surface area contributed by atoms with Crippen molar-refractivity contribution >= 4 is 30.7 Å². The van der Waals surface area contributed by atoms with Gasteiger partial charge >= 0.3 is 0 Å². The number of likely N-dealkylation sites (N-methyl/N-ethyl adjacent to an activating group) is 1. The summed E-state index contributed by atoms with van der Waals surface area (Å²) in [6, 6.07) is 7.76. The summed E-state index contributed by atoms with van der Waals surface area (Å²) in [5.41, 5.74) is 6.36. The highest BCUT2D eigenvalue weighted by Crippen LogP contribution is 2.18. The van der Waals surface area contributed by atoms with Crippen LogP contribution in [0.5, 0.6) is 5.75 Å². The second kappa shape index (κ2) is 11.5. The topological polar surface area (TPSA) is 76.8 Å². The van der Waals surface area contributed by atoms with Gasteiger partial charge in [-0.05, 0) is 44.6 Å². The maximum absolute atomic E-state index is 12.3. The molecule has 1 aromatic rings. The molecule has 1 fully saturated rings. The summed E-state index contributed by atoms with van der Waals surface area (Å²) in [6.07, 6.45) is 1.12. The summed E-state index contributed by atoms with van der Waals surface area (Å²) in [5, 5.41) is 2.93. The predicted molar refractivity (Wildman–Crippen MR) is 104 cm³/mol. The molecular weight excluding hydrogens is 365 g/mol. The molecule has 0 radical (unpaired) electrons. The van der Waals surface area contributed by atoms with E-state index in [-0.39, 0.29) is 30.7 Å². The summed E-state index contributed by atoms with van der Waals surface area (Å²) in [7, 11) is 4.02. The highest BCUT2D eigenvalue weighted by Gasteiger charge is 2.35. The van der Waals surface area contributed by atoms with E-state index in [1.807, 2.05) is 38.4 Å². The molecule has 1 aromatic carbocycles. The minimum Gasteiger partial charge on any atom is -0.492 e. The van der Waals surface area contributed by atoms with Gasteiger partial charge in [-0.25, -0.2) is 0 Å². The highest BCUT2D eigenvalue weighted by atomic mass is 35.5. The number of carbonyl (C=O) groups excluding carboxylic acids is 1. The smallest absolute Gasteiger partial charge is 0.240 e. The van der Waals surface area contributed by atoms with Crippen LogP contribution in [0.4, 0.5) is 0 Å². The van der Waals surface area contributed by atoms with Gasteiger partial charge in [-0.2, -0.15) is 0 Å². The maximum atomic E-state index is 12.3. The average Bonchev–Trinajstić information content (AvgIpc) is 2.53. The van der Waals surface area contributed by atoms with E-state index < -0.39 is 5.54 Å². The minimum atomic E-state index is -0.807. The molecule has 0 bridgehead atoms. The van der Waals surface area contributed by atoms with E-state index in [0.717, 1.165) is 17.9 Å². The fraction of sp³-hybridized carbons (Fsp3) is 0.588. The van der Waals surface area contributed by atoms with Crippen LogP contribution in [0.1, 0.15) is 18.4 Å². The number of carbonyl (C=O) groups is 1. The number of hydrogen-bond acceptors (Lipinski definition) is 5. The van der Waals surface area contributed by atoms with E-state index in [9.17, 15) is 4.79 Å². The van der Waals surface area contributed by atoms with Gasteiger partial charge in [0.25, 0.3) is 0 Å². The molecule has 0 spiro atoms. The van der Waals surface area contributed by atoms with Crippen LogP contribution in [-0.2, 0) is 16.1 Å². The van der Waals surface area contributed by atoms with Crippen LogP contribution in [-0.4, -0.2) is 56.8 Å². The van der Waals surface area contributed by atoms with Gasteiger partial charge in [0.05, 0.1) is 5.54 Å². The molecule has 0 atom stereocenters. The lowest BCUT2D eigenvalue weighted by atomic mass is 9.90. The molecular formula is C17H29Cl2N3O3. The van der Waals surface area contributed by atoms with Crippen LogP contribution in [0.15, 0.2) is 24.3 Å². The Kier molecular flexibility index (Phi) is 11.1. The molecule has 1 heterocycles. The highest BCUT2D eigenvalue weighted by molar-refractivity contribution is 5.86. The summed E-state index contributed by atoms with van der Waals surface area (Å²) < 4.78 is 11.0. The zero-order valence-electron chi connectivity index (χ0n) is 14.8. The van der Waals surface area contributed by atoms with Crippen LogP contribution in [0, 0.1) is 0 Å². The summed E-state index contributed by atoms with van der Waals surface area (Å²) in [4.78, 5) is 14.4. The average molecular weight is 394 g/mol. The van der Waals surface area contributed by atoms with Gasteiger partial charge in [0, 0.05) is 26.3 Å². The number of nitrogens with one attached hydrogen (secondary N) is 1. The predicted octanol–water partition coefficient (Wildman–Crippen LogP) is 1.59. The summed E-state index contributed by atoms with van der Waals surface area (Å²) in [6.45, 7) is 3.02. The van der Waals surface area contributed by atoms with Gasteiger partial charge in [0.1, 0.15) is 12.4 Å². The first-order valence-corrected chi connectivity index (χ1v) is 8.01. The number of amides is 1. The fourth-order valence-corrected chi connectivity index (χ4v) is 2.41. The van der Waals surface area contributed by atoms with Gasteiger partial charge in [0.2, 0.25) is 5.91 Å². The van der Waals surface area contributed by atoms with Gasteiger partial charge < -0.3 is 25.4 Å². The molecule has 25 heavy (non-hydrogen) atoms. The number of hydrogen-bond donors (Lipinski definition) is 2. The van der Waals surface area contributed by atoms with Crippen LogP contribution in [0.2, 0.25) is 0 Å². The van der Waals surface area contributed by atoms with Crippen molar-refractivity contribution in [3.63, 3.8) is 0 Å². The summed E-state index contributed by atoms with van der Waals surface area (Å²) >= 11 is 0. The number of ether oxygens (including phenoxy) is 2. The van der Waals surface area contributed by atoms with E-state index in [1.54, 1.807) is 0 Å². The molecule has 1 saturated heterocycles. The molecule has 8 heteroatoms. The first-order valence-electron chi connectivity index (χ1n) is 8.01. The van der Waals surface area contributed by atoms with E-state index in [0.29, 0.717) is 39.2 Å². The summed E-state index contributed by atoms with van der Waals surface area (Å²) in [5.74, 6) is 0.701. The Balaban J connectivity index is 0.00000288. The largest absolute Gasteiger partial charge is 0.492 e. The molecule has 0 aromatic heterocycles. The quantitative estimate of drug-likeness (QED) is 0.735. The number of halogens is 2. The van der Waals surface area contributed by atoms with Gasteiger partial charge in [-0.3, -0.25) is 4.79 Å². The van der Waals surface area contributed by atoms with Crippen LogP contribution >= 0.6 is 24.8 Å². The Bertz CT molecular complexity index is 524. The van der Waals surface area contributed by atoms with Crippen molar-refractivity contribution in [1.82, 2.24) is 10.2 Å². The first kappa shape index (κ1) is 23.9. The maximum Gasteiger partial charge on any atom is 0.240 e. The van der Waals surface area contributed by atoms with Crippen molar-refractivity contribution in [2.24, 2.45) is 5.73 Å². The van der Waals surface area contributed by atoms with Gasteiger partial charge in [-0.1, -0.05) is 12.1 Å². The van der Waals surface area contributed by atoms with Gasteiger partial charge in [0.15, 0.2) is 0 Å². The Labute approximate surface area is 162 Å². The van der Waals surface area contributed by atoms with Crippen molar-refractivity contribution in [2.75, 3.05) is 40.5 Å². The number of rotatable bonds is 7. The van der Waals surface area contributed by atoms with E-state index in [2.05, 4.69) is 10.2 Å². The molecule has 1 aliphatic rings. The SMILES string of the molecule is CN(C)CCOc1cccc(CNC(=O)C2(N)CCOCC2)c1.Cl.Cl. The van der Waals surface area contributed by atoms with Crippen molar-refractivity contribution in [3.8, 4) is 5.75 Å². The molecule has 1 aliphatic heterocycles. The molecule has 1 amide bonds. The molecule has 144 valence electrons. The monoisotopic (exact) mass is 393 g/mol. The third kappa shape index (κ3) is 7.79. The van der Waals surface area contributed by atoms with E-state index >= 15 is 0 Å². The third-order valence-electron chi connectivity index (χ3n) is 4.00. The molecule has 6 nitrogen and oxygen atoms in total. The second-order valence-corrected chi connectivity index (χ2v) is 6.25. The zero-order chi connectivity index (χ0) is 16.7. The Hall–Kier alpha value is -1.05. The van der Waals surface area contributed by atoms with Crippen molar-refractivity contribution in [2.45, 2.75) is 24.9 Å². The number of benzene rings is 1. The minimum absolute atomic E-state index is 0. The molecule has 0 aliphatic carbocycles. The van der Waals surface area contributed by atoms with E-state index in [1.165, 1.54) is 0 Å². The van der Waals surface area contributed by atoms with E-state index in [4.69, 9.17) is 15.2 Å². The molecule has 0 saturated carbocycles. The lowest BCUT2D eigenvalue weighted by Crippen LogP contribution is -2.56. The number of nitrogens with zero attached hydrogens (tertiary/aromatic N) is 1. The first-order chi connectivity index (χ1) is 11.0. The number of nitrogens with two attached hydrogens (primary N) is 1. The lowest BCUT2D eigenvalue weighted by Gasteiger charge is -2.31. The lowest BCUT2D eigenvalue weighted by molar-refractivity contribution is -0.129. The van der Waals surface area contributed by atoms with Crippen LogP contribution in [0.3, 0.4) is 0 Å². The van der Waals surface area contributed by atoms with Gasteiger partial charge in [-0.15, -0.1) is 24.8 Å².